The zero-order valence-corrected chi connectivity index (χ0v) is 17.6. The average Bonchev–Trinajstić information content (AvgIpc) is 2.77. The zero-order chi connectivity index (χ0) is 24.5. The van der Waals surface area contributed by atoms with Crippen LogP contribution in [0.2, 0.25) is 0 Å². The summed E-state index contributed by atoms with van der Waals surface area (Å²) in [5, 5.41) is 6.49. The van der Waals surface area contributed by atoms with Crippen molar-refractivity contribution in [3.8, 4) is 5.75 Å². The molecule has 0 fully saturated rings. The van der Waals surface area contributed by atoms with E-state index in [0.29, 0.717) is 4.90 Å². The van der Waals surface area contributed by atoms with E-state index >= 15 is 0 Å². The summed E-state index contributed by atoms with van der Waals surface area (Å²) in [4.78, 5) is 0.500. The van der Waals surface area contributed by atoms with Gasteiger partial charge in [-0.3, -0.25) is 0 Å². The number of benzene rings is 3. The van der Waals surface area contributed by atoms with Crippen molar-refractivity contribution in [1.82, 2.24) is 0 Å². The van der Waals surface area contributed by atoms with Gasteiger partial charge in [0.1, 0.15) is 11.3 Å². The van der Waals surface area contributed by atoms with E-state index in [4.69, 9.17) is 4.74 Å². The molecule has 0 radical (unpaired) electrons. The van der Waals surface area contributed by atoms with E-state index < -0.39 is 51.5 Å². The summed E-state index contributed by atoms with van der Waals surface area (Å²) >= 11 is 0. The Balaban J connectivity index is 2.04. The van der Waals surface area contributed by atoms with Crippen LogP contribution in [0.15, 0.2) is 62.5 Å². The van der Waals surface area contributed by atoms with Crippen LogP contribution in [0.5, 0.6) is 5.75 Å². The number of rotatable bonds is 5. The number of halogens is 7. The van der Waals surface area contributed by atoms with Crippen molar-refractivity contribution in [2.75, 3.05) is 7.11 Å². The summed E-state index contributed by atoms with van der Waals surface area (Å²) < 4.78 is 112. The van der Waals surface area contributed by atoms with Gasteiger partial charge in [0.05, 0.1) is 28.5 Å². The van der Waals surface area contributed by atoms with Crippen molar-refractivity contribution >= 4 is 22.2 Å². The summed E-state index contributed by atoms with van der Waals surface area (Å²) in [7, 11) is -0.463. The van der Waals surface area contributed by atoms with Crippen LogP contribution in [-0.2, 0) is 17.0 Å². The standard InChI is InChI=1S/C21H13F7N2O2S/c1-10-3-6-12(7-4-10)33(31)14-9-11(5-8-13(14)32-2)29-30-20-18(24)16(22)15(21(26,27)28)17(23)19(20)25/h3-9H,1-2H3/t33-/m0/s1. The molecule has 3 rings (SSSR count). The smallest absolute Gasteiger partial charge is 0.422 e. The molecule has 174 valence electrons. The molecular formula is C21H13F7N2O2S. The maximum Gasteiger partial charge on any atom is 0.422 e. The highest BCUT2D eigenvalue weighted by atomic mass is 32.2. The van der Waals surface area contributed by atoms with E-state index in [0.717, 1.165) is 5.56 Å². The number of hydrogen-bond acceptors (Lipinski definition) is 4. The van der Waals surface area contributed by atoms with Gasteiger partial charge >= 0.3 is 6.18 Å². The Kier molecular flexibility index (Phi) is 6.86. The van der Waals surface area contributed by atoms with Gasteiger partial charge in [-0.15, -0.1) is 5.11 Å². The van der Waals surface area contributed by atoms with Gasteiger partial charge < -0.3 is 4.74 Å². The molecule has 0 bridgehead atoms. The highest BCUT2D eigenvalue weighted by molar-refractivity contribution is 7.85. The fourth-order valence-electron chi connectivity index (χ4n) is 2.73. The molecule has 0 aliphatic carbocycles. The molecule has 0 saturated heterocycles. The lowest BCUT2D eigenvalue weighted by Gasteiger charge is -2.12. The first kappa shape index (κ1) is 24.4. The highest BCUT2D eigenvalue weighted by Crippen LogP contribution is 2.40. The van der Waals surface area contributed by atoms with E-state index in [-0.39, 0.29) is 16.3 Å². The number of aryl methyl sites for hydroxylation is 1. The first-order valence-corrected chi connectivity index (χ1v) is 10.1. The third kappa shape index (κ3) is 4.90. The lowest BCUT2D eigenvalue weighted by atomic mass is 10.1. The van der Waals surface area contributed by atoms with E-state index in [1.54, 1.807) is 24.3 Å². The molecule has 33 heavy (non-hydrogen) atoms. The maximum absolute atomic E-state index is 14.0. The largest absolute Gasteiger partial charge is 0.495 e. The third-order valence-corrected chi connectivity index (χ3v) is 5.79. The first-order valence-electron chi connectivity index (χ1n) is 8.97. The molecule has 0 heterocycles. The summed E-state index contributed by atoms with van der Waals surface area (Å²) in [5.41, 5.74) is -3.64. The molecule has 1 atom stereocenters. The number of nitrogens with zero attached hydrogens (tertiary/aromatic N) is 2. The lowest BCUT2D eigenvalue weighted by Crippen LogP contribution is -2.14. The molecule has 0 saturated carbocycles. The quantitative estimate of drug-likeness (QED) is 0.217. The molecule has 0 spiro atoms. The Labute approximate surface area is 185 Å². The van der Waals surface area contributed by atoms with Gasteiger partial charge in [-0.1, -0.05) is 17.7 Å². The number of ether oxygens (including phenoxy) is 1. The van der Waals surface area contributed by atoms with Gasteiger partial charge in [-0.2, -0.15) is 18.3 Å². The number of alkyl halides is 3. The second-order valence-corrected chi connectivity index (χ2v) is 8.04. The van der Waals surface area contributed by atoms with Crippen LogP contribution in [0, 0.1) is 30.2 Å². The minimum Gasteiger partial charge on any atom is -0.495 e. The predicted molar refractivity (Wildman–Crippen MR) is 104 cm³/mol. The van der Waals surface area contributed by atoms with Gasteiger partial charge in [0.15, 0.2) is 29.0 Å². The van der Waals surface area contributed by atoms with Crippen molar-refractivity contribution in [3.63, 3.8) is 0 Å². The van der Waals surface area contributed by atoms with Gasteiger partial charge in [0.2, 0.25) is 0 Å². The normalized spacial score (nSPS) is 12.9. The summed E-state index contributed by atoms with van der Waals surface area (Å²) in [6, 6.07) is 10.4. The number of methoxy groups -OCH3 is 1. The van der Waals surface area contributed by atoms with E-state index in [1.807, 2.05) is 6.92 Å². The van der Waals surface area contributed by atoms with Crippen LogP contribution in [-0.4, -0.2) is 11.3 Å². The molecule has 0 N–H and O–H groups in total. The molecule has 0 aliphatic heterocycles. The number of azo groups is 1. The minimum atomic E-state index is -5.67. The van der Waals surface area contributed by atoms with Crippen LogP contribution < -0.4 is 4.74 Å². The third-order valence-electron chi connectivity index (χ3n) is 4.37. The van der Waals surface area contributed by atoms with Gasteiger partial charge in [0, 0.05) is 4.90 Å². The topological polar surface area (TPSA) is 51.0 Å². The lowest BCUT2D eigenvalue weighted by molar-refractivity contribution is -0.143. The van der Waals surface area contributed by atoms with Crippen LogP contribution in [0.25, 0.3) is 0 Å². The van der Waals surface area contributed by atoms with Crippen LogP contribution in [0.3, 0.4) is 0 Å². The molecule has 4 nitrogen and oxygen atoms in total. The summed E-state index contributed by atoms with van der Waals surface area (Å²) in [5.74, 6) is -9.83. The molecule has 3 aromatic carbocycles. The Hall–Kier alpha value is -3.28. The maximum atomic E-state index is 14.0. The van der Waals surface area contributed by atoms with Gasteiger partial charge in [0.25, 0.3) is 0 Å². The molecule has 0 amide bonds. The Bertz CT molecular complexity index is 1230. The summed E-state index contributed by atoms with van der Waals surface area (Å²) in [6.45, 7) is 1.83. The molecular weight excluding hydrogens is 477 g/mol. The van der Waals surface area contributed by atoms with Crippen molar-refractivity contribution in [2.45, 2.75) is 22.9 Å². The predicted octanol–water partition coefficient (Wildman–Crippen LogP) is 7.16. The highest BCUT2D eigenvalue weighted by Gasteiger charge is 2.42. The fraction of sp³-hybridized carbons (Fsp3) is 0.143. The SMILES string of the molecule is COc1ccc(N=Nc2c(F)c(F)c(C(F)(F)F)c(F)c2F)cc1[S@@](=O)c1ccc(C)cc1. The second kappa shape index (κ2) is 9.30. The molecule has 0 aromatic heterocycles. The minimum absolute atomic E-state index is 0.100. The second-order valence-electron chi connectivity index (χ2n) is 6.59. The van der Waals surface area contributed by atoms with Crippen molar-refractivity contribution < 1.29 is 39.7 Å². The molecule has 0 aliphatic rings. The Morgan fingerprint density at radius 3 is 1.94 bits per heavy atom. The Morgan fingerprint density at radius 1 is 0.848 bits per heavy atom. The van der Waals surface area contributed by atoms with Crippen molar-refractivity contribution in [2.24, 2.45) is 10.2 Å². The van der Waals surface area contributed by atoms with Crippen molar-refractivity contribution in [3.05, 3.63) is 76.9 Å². The number of hydrogen-bond donors (Lipinski definition) is 0. The Morgan fingerprint density at radius 2 is 1.42 bits per heavy atom. The van der Waals surface area contributed by atoms with E-state index in [1.165, 1.54) is 25.3 Å². The monoisotopic (exact) mass is 490 g/mol. The average molecular weight is 490 g/mol. The molecule has 3 aromatic rings. The van der Waals surface area contributed by atoms with E-state index in [2.05, 4.69) is 10.2 Å². The summed E-state index contributed by atoms with van der Waals surface area (Å²) in [6.07, 6.45) is -5.67. The van der Waals surface area contributed by atoms with Crippen molar-refractivity contribution in [1.29, 1.82) is 0 Å². The van der Waals surface area contributed by atoms with Crippen LogP contribution in [0.4, 0.5) is 42.1 Å². The van der Waals surface area contributed by atoms with Crippen LogP contribution in [0.1, 0.15) is 11.1 Å². The van der Waals surface area contributed by atoms with Gasteiger partial charge in [-0.25, -0.2) is 21.8 Å². The first-order chi connectivity index (χ1) is 15.5. The molecule has 0 unspecified atom stereocenters. The molecule has 12 heteroatoms. The fourth-order valence-corrected chi connectivity index (χ4v) is 3.92. The van der Waals surface area contributed by atoms with E-state index in [9.17, 15) is 34.9 Å². The van der Waals surface area contributed by atoms with Crippen LogP contribution >= 0.6 is 0 Å². The van der Waals surface area contributed by atoms with Gasteiger partial charge in [-0.05, 0) is 37.3 Å². The zero-order valence-electron chi connectivity index (χ0n) is 16.8.